The van der Waals surface area contributed by atoms with Gasteiger partial charge in [-0.3, -0.25) is 4.90 Å². The molecule has 1 N–H and O–H groups in total. The molecular formula is C14H29N3. The van der Waals surface area contributed by atoms with E-state index in [0.717, 1.165) is 6.04 Å². The topological polar surface area (TPSA) is 18.5 Å². The summed E-state index contributed by atoms with van der Waals surface area (Å²) in [5.41, 5.74) is 0.445. The van der Waals surface area contributed by atoms with Crippen LogP contribution in [-0.2, 0) is 0 Å². The summed E-state index contributed by atoms with van der Waals surface area (Å²) in [4.78, 5) is 5.17. The standard InChI is InChI=1S/C14H29N3/c1-14(2)7-5-6-12(13(14)15-3)17-10-8-16(4)9-11-17/h12-13,15H,5-11H2,1-4H3. The van der Waals surface area contributed by atoms with E-state index in [1.165, 1.54) is 45.4 Å². The third-order valence-electron chi connectivity index (χ3n) is 4.87. The van der Waals surface area contributed by atoms with E-state index in [1.54, 1.807) is 0 Å². The van der Waals surface area contributed by atoms with E-state index >= 15 is 0 Å². The van der Waals surface area contributed by atoms with E-state index in [1.807, 2.05) is 0 Å². The van der Waals surface area contributed by atoms with E-state index in [4.69, 9.17) is 0 Å². The van der Waals surface area contributed by atoms with Crippen molar-refractivity contribution in [1.82, 2.24) is 15.1 Å². The molecule has 2 aliphatic rings. The van der Waals surface area contributed by atoms with Crippen LogP contribution in [0.1, 0.15) is 33.1 Å². The zero-order valence-corrected chi connectivity index (χ0v) is 12.0. The van der Waals surface area contributed by atoms with Crippen LogP contribution in [0, 0.1) is 5.41 Å². The molecule has 1 saturated carbocycles. The molecule has 2 fully saturated rings. The molecular weight excluding hydrogens is 210 g/mol. The van der Waals surface area contributed by atoms with Gasteiger partial charge in [0.1, 0.15) is 0 Å². The Kier molecular flexibility index (Phi) is 4.11. The lowest BCUT2D eigenvalue weighted by Gasteiger charge is -2.50. The molecule has 3 heteroatoms. The fraction of sp³-hybridized carbons (Fsp3) is 1.00. The highest BCUT2D eigenvalue weighted by atomic mass is 15.3. The van der Waals surface area contributed by atoms with Crippen molar-refractivity contribution in [1.29, 1.82) is 0 Å². The Morgan fingerprint density at radius 3 is 2.35 bits per heavy atom. The van der Waals surface area contributed by atoms with Crippen LogP contribution < -0.4 is 5.32 Å². The SMILES string of the molecule is CNC1C(N2CCN(C)CC2)CCCC1(C)C. The van der Waals surface area contributed by atoms with Gasteiger partial charge < -0.3 is 10.2 Å². The minimum atomic E-state index is 0.445. The van der Waals surface area contributed by atoms with E-state index in [9.17, 15) is 0 Å². The lowest BCUT2D eigenvalue weighted by atomic mass is 9.70. The Hall–Kier alpha value is -0.120. The molecule has 0 radical (unpaired) electrons. The number of rotatable bonds is 2. The third-order valence-corrected chi connectivity index (χ3v) is 4.87. The highest BCUT2D eigenvalue weighted by Crippen LogP contribution is 2.37. The number of piperazine rings is 1. The summed E-state index contributed by atoms with van der Waals surface area (Å²) in [5, 5.41) is 3.60. The maximum absolute atomic E-state index is 3.60. The smallest absolute Gasteiger partial charge is 0.0271 e. The first-order valence-electron chi connectivity index (χ1n) is 7.14. The Morgan fingerprint density at radius 1 is 1.12 bits per heavy atom. The Balaban J connectivity index is 2.03. The summed E-state index contributed by atoms with van der Waals surface area (Å²) in [5.74, 6) is 0. The quantitative estimate of drug-likeness (QED) is 0.786. The molecule has 0 aromatic heterocycles. The largest absolute Gasteiger partial charge is 0.315 e. The van der Waals surface area contributed by atoms with Gasteiger partial charge in [0.2, 0.25) is 0 Å². The van der Waals surface area contributed by atoms with E-state index in [0.29, 0.717) is 11.5 Å². The monoisotopic (exact) mass is 239 g/mol. The fourth-order valence-electron chi connectivity index (χ4n) is 3.74. The van der Waals surface area contributed by atoms with Crippen molar-refractivity contribution in [3.8, 4) is 0 Å². The maximum Gasteiger partial charge on any atom is 0.0271 e. The highest BCUT2D eigenvalue weighted by molar-refractivity contribution is 4.98. The first-order valence-corrected chi connectivity index (χ1v) is 7.14. The lowest BCUT2D eigenvalue weighted by Crippen LogP contribution is -2.61. The molecule has 0 spiro atoms. The van der Waals surface area contributed by atoms with Crippen molar-refractivity contribution in [2.75, 3.05) is 40.3 Å². The summed E-state index contributed by atoms with van der Waals surface area (Å²) < 4.78 is 0. The predicted molar refractivity (Wildman–Crippen MR) is 73.3 cm³/mol. The second kappa shape index (κ2) is 5.25. The molecule has 1 heterocycles. The van der Waals surface area contributed by atoms with Crippen LogP contribution in [0.3, 0.4) is 0 Å². The predicted octanol–water partition coefficient (Wildman–Crippen LogP) is 1.40. The number of hydrogen-bond donors (Lipinski definition) is 1. The van der Waals surface area contributed by atoms with Gasteiger partial charge in [-0.25, -0.2) is 0 Å². The van der Waals surface area contributed by atoms with Crippen LogP contribution in [0.25, 0.3) is 0 Å². The van der Waals surface area contributed by atoms with Gasteiger partial charge in [0, 0.05) is 38.3 Å². The van der Waals surface area contributed by atoms with Crippen LogP contribution in [0.4, 0.5) is 0 Å². The molecule has 17 heavy (non-hydrogen) atoms. The van der Waals surface area contributed by atoms with Gasteiger partial charge in [0.15, 0.2) is 0 Å². The molecule has 0 aromatic rings. The van der Waals surface area contributed by atoms with Crippen molar-refractivity contribution < 1.29 is 0 Å². The van der Waals surface area contributed by atoms with E-state index in [2.05, 4.69) is 43.1 Å². The zero-order valence-electron chi connectivity index (χ0n) is 12.0. The molecule has 2 unspecified atom stereocenters. The van der Waals surface area contributed by atoms with E-state index < -0.39 is 0 Å². The van der Waals surface area contributed by atoms with Crippen LogP contribution >= 0.6 is 0 Å². The average Bonchev–Trinajstić information content (AvgIpc) is 2.28. The first-order chi connectivity index (χ1) is 8.04. The van der Waals surface area contributed by atoms with Crippen molar-refractivity contribution in [2.24, 2.45) is 5.41 Å². The van der Waals surface area contributed by atoms with Crippen LogP contribution in [0.15, 0.2) is 0 Å². The summed E-state index contributed by atoms with van der Waals surface area (Å²) in [6, 6.07) is 1.40. The zero-order chi connectivity index (χ0) is 12.5. The van der Waals surface area contributed by atoms with Gasteiger partial charge in [0.05, 0.1) is 0 Å². The molecule has 1 aliphatic heterocycles. The number of likely N-dealkylation sites (N-methyl/N-ethyl adjacent to an activating group) is 2. The van der Waals surface area contributed by atoms with E-state index in [-0.39, 0.29) is 0 Å². The maximum atomic E-state index is 3.60. The molecule has 1 saturated heterocycles. The molecule has 2 atom stereocenters. The summed E-state index contributed by atoms with van der Waals surface area (Å²) >= 11 is 0. The van der Waals surface area contributed by atoms with Crippen LogP contribution in [0.2, 0.25) is 0 Å². The molecule has 0 bridgehead atoms. The normalized spacial score (nSPS) is 36.0. The minimum absolute atomic E-state index is 0.445. The van der Waals surface area contributed by atoms with Crippen molar-refractivity contribution >= 4 is 0 Å². The third kappa shape index (κ3) is 2.83. The Morgan fingerprint density at radius 2 is 1.76 bits per heavy atom. The molecule has 2 rings (SSSR count). The lowest BCUT2D eigenvalue weighted by molar-refractivity contribution is 0.0260. The minimum Gasteiger partial charge on any atom is -0.315 e. The molecule has 1 aliphatic carbocycles. The van der Waals surface area contributed by atoms with Gasteiger partial charge in [0.25, 0.3) is 0 Å². The first kappa shape index (κ1) is 13.3. The second-order valence-corrected chi connectivity index (χ2v) is 6.55. The molecule has 3 nitrogen and oxygen atoms in total. The summed E-state index contributed by atoms with van der Waals surface area (Å²) in [6.07, 6.45) is 4.13. The second-order valence-electron chi connectivity index (χ2n) is 6.55. The summed E-state index contributed by atoms with van der Waals surface area (Å²) in [6.45, 7) is 9.80. The van der Waals surface area contributed by atoms with Crippen LogP contribution in [0.5, 0.6) is 0 Å². The number of hydrogen-bond acceptors (Lipinski definition) is 3. The van der Waals surface area contributed by atoms with Crippen molar-refractivity contribution in [3.05, 3.63) is 0 Å². The highest BCUT2D eigenvalue weighted by Gasteiger charge is 2.40. The van der Waals surface area contributed by atoms with Crippen LogP contribution in [-0.4, -0.2) is 62.2 Å². The van der Waals surface area contributed by atoms with Gasteiger partial charge in [-0.15, -0.1) is 0 Å². The van der Waals surface area contributed by atoms with Gasteiger partial charge in [-0.1, -0.05) is 20.3 Å². The average molecular weight is 239 g/mol. The molecule has 0 aromatic carbocycles. The van der Waals surface area contributed by atoms with Gasteiger partial charge in [-0.05, 0) is 32.4 Å². The fourth-order valence-corrected chi connectivity index (χ4v) is 3.74. The Bertz CT molecular complexity index is 244. The van der Waals surface area contributed by atoms with Gasteiger partial charge in [-0.2, -0.15) is 0 Å². The molecule has 100 valence electrons. The van der Waals surface area contributed by atoms with Crippen molar-refractivity contribution in [2.45, 2.75) is 45.2 Å². The molecule has 0 amide bonds. The van der Waals surface area contributed by atoms with Gasteiger partial charge >= 0.3 is 0 Å². The summed E-state index contributed by atoms with van der Waals surface area (Å²) in [7, 11) is 4.37. The number of nitrogens with one attached hydrogen (secondary N) is 1. The number of nitrogens with zero attached hydrogens (tertiary/aromatic N) is 2. The Labute approximate surface area is 107 Å². The van der Waals surface area contributed by atoms with Crippen molar-refractivity contribution in [3.63, 3.8) is 0 Å².